The number of hydrogen-bond donors (Lipinski definition) is 1. The van der Waals surface area contributed by atoms with Crippen LogP contribution in [0.3, 0.4) is 0 Å². The highest BCUT2D eigenvalue weighted by Crippen LogP contribution is 2.41. The fourth-order valence-corrected chi connectivity index (χ4v) is 4.39. The number of thiazole rings is 1. The van der Waals surface area contributed by atoms with Gasteiger partial charge in [0.25, 0.3) is 0 Å². The molecule has 1 N–H and O–H groups in total. The summed E-state index contributed by atoms with van der Waals surface area (Å²) >= 11 is 1.82. The number of carbonyl (C=O) groups is 1. The van der Waals surface area contributed by atoms with Crippen molar-refractivity contribution in [2.45, 2.75) is 57.5 Å². The molecule has 1 aliphatic heterocycles. The second kappa shape index (κ2) is 5.93. The summed E-state index contributed by atoms with van der Waals surface area (Å²) in [4.78, 5) is 19.0. The molecule has 2 aliphatic carbocycles. The Labute approximate surface area is 136 Å². The Bertz CT molecular complexity index is 550. The molecule has 120 valence electrons. The maximum Gasteiger partial charge on any atom is 0.225 e. The third-order valence-corrected chi connectivity index (χ3v) is 6.24. The average Bonchev–Trinajstić information content (AvgIpc) is 3.44. The molecule has 3 aliphatic rings. The van der Waals surface area contributed by atoms with Gasteiger partial charge in [-0.2, -0.15) is 0 Å². The topological polar surface area (TPSA) is 45.2 Å². The van der Waals surface area contributed by atoms with Gasteiger partial charge in [-0.3, -0.25) is 4.79 Å². The molecule has 0 aromatic carbocycles. The van der Waals surface area contributed by atoms with E-state index in [4.69, 9.17) is 4.98 Å². The van der Waals surface area contributed by atoms with Crippen LogP contribution in [0.15, 0.2) is 5.38 Å². The van der Waals surface area contributed by atoms with Crippen LogP contribution in [0.1, 0.15) is 55.6 Å². The lowest BCUT2D eigenvalue weighted by atomic mass is 9.93. The first-order valence-corrected chi connectivity index (χ1v) is 9.55. The molecule has 0 unspecified atom stereocenters. The van der Waals surface area contributed by atoms with Gasteiger partial charge in [0.05, 0.1) is 10.7 Å². The lowest BCUT2D eigenvalue weighted by molar-refractivity contribution is -0.134. The molecule has 2 saturated carbocycles. The van der Waals surface area contributed by atoms with Crippen molar-refractivity contribution in [3.63, 3.8) is 0 Å². The monoisotopic (exact) mass is 319 g/mol. The number of piperidine rings is 1. The molecule has 4 rings (SSSR count). The number of nitrogens with zero attached hydrogens (tertiary/aromatic N) is 2. The first-order chi connectivity index (χ1) is 10.7. The van der Waals surface area contributed by atoms with Gasteiger partial charge in [-0.15, -0.1) is 11.3 Å². The van der Waals surface area contributed by atoms with Crippen LogP contribution in [0.25, 0.3) is 0 Å². The van der Waals surface area contributed by atoms with E-state index in [1.54, 1.807) is 0 Å². The van der Waals surface area contributed by atoms with E-state index in [1.165, 1.54) is 23.5 Å². The van der Waals surface area contributed by atoms with Crippen molar-refractivity contribution in [3.8, 4) is 0 Å². The highest BCUT2D eigenvalue weighted by atomic mass is 32.1. The van der Waals surface area contributed by atoms with Crippen molar-refractivity contribution in [1.82, 2.24) is 15.2 Å². The SMILES string of the molecule is C[C@@H]1CN(C(=O)C2CC2)CC[C@@H]1NCc1csc(C2CC2)n1. The van der Waals surface area contributed by atoms with Gasteiger partial charge in [-0.25, -0.2) is 4.98 Å². The van der Waals surface area contributed by atoms with Gasteiger partial charge in [-0.1, -0.05) is 6.92 Å². The summed E-state index contributed by atoms with van der Waals surface area (Å²) in [6, 6.07) is 0.509. The van der Waals surface area contributed by atoms with E-state index in [-0.39, 0.29) is 0 Å². The van der Waals surface area contributed by atoms with Crippen molar-refractivity contribution in [2.24, 2.45) is 11.8 Å². The number of hydrogen-bond acceptors (Lipinski definition) is 4. The van der Waals surface area contributed by atoms with Crippen LogP contribution < -0.4 is 5.32 Å². The average molecular weight is 319 g/mol. The second-order valence-corrected chi connectivity index (χ2v) is 8.15. The zero-order chi connectivity index (χ0) is 15.1. The summed E-state index contributed by atoms with van der Waals surface area (Å²) in [7, 11) is 0. The zero-order valence-corrected chi connectivity index (χ0v) is 14.1. The highest BCUT2D eigenvalue weighted by Gasteiger charge is 2.36. The molecule has 5 heteroatoms. The maximum atomic E-state index is 12.2. The van der Waals surface area contributed by atoms with Crippen LogP contribution in [-0.4, -0.2) is 34.9 Å². The van der Waals surface area contributed by atoms with Crippen molar-refractivity contribution >= 4 is 17.2 Å². The highest BCUT2D eigenvalue weighted by molar-refractivity contribution is 7.09. The minimum Gasteiger partial charge on any atom is -0.342 e. The number of nitrogens with one attached hydrogen (secondary N) is 1. The number of carbonyl (C=O) groups excluding carboxylic acids is 1. The van der Waals surface area contributed by atoms with Gasteiger partial charge in [0.2, 0.25) is 5.91 Å². The van der Waals surface area contributed by atoms with Crippen LogP contribution >= 0.6 is 11.3 Å². The summed E-state index contributed by atoms with van der Waals surface area (Å²) in [6.45, 7) is 4.97. The summed E-state index contributed by atoms with van der Waals surface area (Å²) in [5, 5.41) is 7.20. The molecule has 22 heavy (non-hydrogen) atoms. The summed E-state index contributed by atoms with van der Waals surface area (Å²) < 4.78 is 0. The quantitative estimate of drug-likeness (QED) is 0.908. The predicted octanol–water partition coefficient (Wildman–Crippen LogP) is 2.76. The minimum absolute atomic E-state index is 0.354. The van der Waals surface area contributed by atoms with Crippen LogP contribution in [-0.2, 0) is 11.3 Å². The lowest BCUT2D eigenvalue weighted by Crippen LogP contribution is -2.50. The van der Waals surface area contributed by atoms with Gasteiger partial charge < -0.3 is 10.2 Å². The summed E-state index contributed by atoms with van der Waals surface area (Å²) in [5.74, 6) is 2.04. The molecule has 1 aromatic heterocycles. The first-order valence-electron chi connectivity index (χ1n) is 8.67. The van der Waals surface area contributed by atoms with E-state index in [0.29, 0.717) is 23.8 Å². The molecule has 0 radical (unpaired) electrons. The molecule has 4 nitrogen and oxygen atoms in total. The van der Waals surface area contributed by atoms with Crippen LogP contribution in [0.2, 0.25) is 0 Å². The molecule has 0 spiro atoms. The first kappa shape index (κ1) is 14.6. The van der Waals surface area contributed by atoms with E-state index in [1.807, 2.05) is 11.3 Å². The third kappa shape index (κ3) is 3.20. The van der Waals surface area contributed by atoms with Crippen molar-refractivity contribution in [2.75, 3.05) is 13.1 Å². The second-order valence-electron chi connectivity index (χ2n) is 7.26. The number of likely N-dealkylation sites (tertiary alicyclic amines) is 1. The van der Waals surface area contributed by atoms with Gasteiger partial charge >= 0.3 is 0 Å². The van der Waals surface area contributed by atoms with Gasteiger partial charge in [0.1, 0.15) is 0 Å². The minimum atomic E-state index is 0.354. The Morgan fingerprint density at radius 1 is 1.36 bits per heavy atom. The number of aromatic nitrogens is 1. The van der Waals surface area contributed by atoms with E-state index in [9.17, 15) is 4.79 Å². The summed E-state index contributed by atoms with van der Waals surface area (Å²) in [5.41, 5.74) is 1.19. The van der Waals surface area contributed by atoms with Gasteiger partial charge in [-0.05, 0) is 38.0 Å². The van der Waals surface area contributed by atoms with E-state index in [0.717, 1.165) is 44.8 Å². The smallest absolute Gasteiger partial charge is 0.225 e. The van der Waals surface area contributed by atoms with Crippen LogP contribution in [0.5, 0.6) is 0 Å². The Morgan fingerprint density at radius 3 is 2.86 bits per heavy atom. The maximum absolute atomic E-state index is 12.2. The molecule has 1 amide bonds. The van der Waals surface area contributed by atoms with E-state index >= 15 is 0 Å². The Hall–Kier alpha value is -0.940. The Balaban J connectivity index is 1.27. The van der Waals surface area contributed by atoms with Gasteiger partial charge in [0.15, 0.2) is 0 Å². The normalized spacial score (nSPS) is 28.9. The molecule has 1 aromatic rings. The van der Waals surface area contributed by atoms with E-state index < -0.39 is 0 Å². The van der Waals surface area contributed by atoms with Crippen molar-refractivity contribution in [3.05, 3.63) is 16.1 Å². The van der Waals surface area contributed by atoms with Crippen LogP contribution in [0, 0.1) is 11.8 Å². The zero-order valence-electron chi connectivity index (χ0n) is 13.3. The Morgan fingerprint density at radius 2 is 2.18 bits per heavy atom. The lowest BCUT2D eigenvalue weighted by Gasteiger charge is -2.37. The number of rotatable bonds is 5. The summed E-state index contributed by atoms with van der Waals surface area (Å²) in [6.07, 6.45) is 5.94. The van der Waals surface area contributed by atoms with Crippen molar-refractivity contribution in [1.29, 1.82) is 0 Å². The molecular formula is C17H25N3OS. The molecule has 3 fully saturated rings. The fraction of sp³-hybridized carbons (Fsp3) is 0.765. The third-order valence-electron chi connectivity index (χ3n) is 5.19. The largest absolute Gasteiger partial charge is 0.342 e. The van der Waals surface area contributed by atoms with Crippen molar-refractivity contribution < 1.29 is 4.79 Å². The number of amides is 1. The van der Waals surface area contributed by atoms with Crippen LogP contribution in [0.4, 0.5) is 0 Å². The molecule has 0 bridgehead atoms. The molecule has 1 saturated heterocycles. The molecular weight excluding hydrogens is 294 g/mol. The molecule has 2 atom stereocenters. The Kier molecular flexibility index (Phi) is 3.95. The molecule has 2 heterocycles. The fourth-order valence-electron chi connectivity index (χ4n) is 3.39. The predicted molar refractivity (Wildman–Crippen MR) is 87.8 cm³/mol. The standard InChI is InChI=1S/C17H25N3OS/c1-11-9-20(17(21)13-4-5-13)7-6-15(11)18-8-14-10-22-16(19-14)12-2-3-12/h10-13,15,18H,2-9H2,1H3/t11-,15+/m1/s1. The van der Waals surface area contributed by atoms with E-state index in [2.05, 4.69) is 22.5 Å². The van der Waals surface area contributed by atoms with Gasteiger partial charge in [0, 0.05) is 42.9 Å².